The van der Waals surface area contributed by atoms with Gasteiger partial charge in [0.2, 0.25) is 20.0 Å². The summed E-state index contributed by atoms with van der Waals surface area (Å²) in [6.45, 7) is 0.452. The summed E-state index contributed by atoms with van der Waals surface area (Å²) < 4.78 is 55.6. The lowest BCUT2D eigenvalue weighted by Crippen LogP contribution is -2.50. The van der Waals surface area contributed by atoms with E-state index in [-0.39, 0.29) is 36.1 Å². The number of nitrogens with zero attached hydrogens (tertiary/aromatic N) is 2. The third kappa shape index (κ3) is 3.54. The highest BCUT2D eigenvalue weighted by Crippen LogP contribution is 2.29. The van der Waals surface area contributed by atoms with E-state index in [1.807, 2.05) is 0 Å². The SMILES string of the molecule is COc1ccc(S(=O)(=O)N2CCN(S(C)(=O)=O)CC2)c(Cl)c1. The molecule has 0 spiro atoms. The third-order valence-electron chi connectivity index (χ3n) is 3.42. The van der Waals surface area contributed by atoms with Gasteiger partial charge in [-0.2, -0.15) is 8.61 Å². The molecule has 10 heteroatoms. The number of piperazine rings is 1. The van der Waals surface area contributed by atoms with Crippen LogP contribution in [0, 0.1) is 0 Å². The van der Waals surface area contributed by atoms with Gasteiger partial charge in [-0.25, -0.2) is 16.8 Å². The Kier molecular flexibility index (Phi) is 5.03. The molecule has 1 aliphatic rings. The maximum atomic E-state index is 12.6. The lowest BCUT2D eigenvalue weighted by Gasteiger charge is -2.32. The van der Waals surface area contributed by atoms with Crippen molar-refractivity contribution in [3.8, 4) is 5.75 Å². The Balaban J connectivity index is 2.22. The van der Waals surface area contributed by atoms with E-state index in [0.29, 0.717) is 5.75 Å². The number of hydrogen-bond donors (Lipinski definition) is 0. The van der Waals surface area contributed by atoms with Gasteiger partial charge in [0.25, 0.3) is 0 Å². The average Bonchev–Trinajstić information content (AvgIpc) is 2.46. The summed E-state index contributed by atoms with van der Waals surface area (Å²) in [6, 6.07) is 4.34. The molecule has 1 aromatic rings. The normalized spacial score (nSPS) is 18.3. The van der Waals surface area contributed by atoms with Crippen LogP contribution in [0.3, 0.4) is 0 Å². The van der Waals surface area contributed by atoms with E-state index in [1.165, 1.54) is 33.9 Å². The van der Waals surface area contributed by atoms with Gasteiger partial charge in [-0.1, -0.05) is 11.6 Å². The predicted molar refractivity (Wildman–Crippen MR) is 83.2 cm³/mol. The standard InChI is InChI=1S/C12H17ClN2O5S2/c1-20-10-3-4-12(11(13)9-10)22(18,19)15-7-5-14(6-8-15)21(2,16)17/h3-4,9H,5-8H2,1-2H3. The van der Waals surface area contributed by atoms with Crippen molar-refractivity contribution in [2.24, 2.45) is 0 Å². The lowest BCUT2D eigenvalue weighted by atomic mass is 10.3. The second kappa shape index (κ2) is 6.32. The summed E-state index contributed by atoms with van der Waals surface area (Å²) >= 11 is 6.02. The summed E-state index contributed by atoms with van der Waals surface area (Å²) in [7, 11) is -5.61. The summed E-state index contributed by atoms with van der Waals surface area (Å²) in [4.78, 5) is -0.0113. The summed E-state index contributed by atoms with van der Waals surface area (Å²) in [5.41, 5.74) is 0. The van der Waals surface area contributed by atoms with E-state index >= 15 is 0 Å². The number of rotatable bonds is 4. The summed E-state index contributed by atoms with van der Waals surface area (Å²) in [5, 5.41) is 0.0740. The molecular formula is C12H17ClN2O5S2. The van der Waals surface area contributed by atoms with Crippen LogP contribution in [0.15, 0.2) is 23.1 Å². The molecule has 0 radical (unpaired) electrons. The Morgan fingerprint density at radius 2 is 1.59 bits per heavy atom. The molecule has 1 aliphatic heterocycles. The Labute approximate surface area is 135 Å². The van der Waals surface area contributed by atoms with E-state index in [9.17, 15) is 16.8 Å². The van der Waals surface area contributed by atoms with Crippen molar-refractivity contribution in [3.05, 3.63) is 23.2 Å². The zero-order valence-corrected chi connectivity index (χ0v) is 14.6. The minimum absolute atomic E-state index is 0.0113. The monoisotopic (exact) mass is 368 g/mol. The van der Waals surface area contributed by atoms with Crippen LogP contribution in [-0.2, 0) is 20.0 Å². The number of ether oxygens (including phenoxy) is 1. The van der Waals surface area contributed by atoms with E-state index in [2.05, 4.69) is 0 Å². The molecule has 1 saturated heterocycles. The molecule has 0 saturated carbocycles. The number of hydrogen-bond acceptors (Lipinski definition) is 5. The number of sulfonamides is 2. The number of benzene rings is 1. The van der Waals surface area contributed by atoms with E-state index in [4.69, 9.17) is 16.3 Å². The van der Waals surface area contributed by atoms with E-state index < -0.39 is 20.0 Å². The molecule has 1 heterocycles. The van der Waals surface area contributed by atoms with Crippen molar-refractivity contribution in [2.45, 2.75) is 4.90 Å². The molecular weight excluding hydrogens is 352 g/mol. The van der Waals surface area contributed by atoms with Gasteiger partial charge in [0.05, 0.1) is 18.4 Å². The Bertz CT molecular complexity index is 756. The Morgan fingerprint density at radius 3 is 2.05 bits per heavy atom. The summed E-state index contributed by atoms with van der Waals surface area (Å²) in [6.07, 6.45) is 1.11. The first-order chi connectivity index (χ1) is 10.2. The molecule has 2 rings (SSSR count). The van der Waals surface area contributed by atoms with Crippen molar-refractivity contribution in [1.82, 2.24) is 8.61 Å². The second-order valence-corrected chi connectivity index (χ2v) is 9.16. The molecule has 7 nitrogen and oxygen atoms in total. The minimum Gasteiger partial charge on any atom is -0.497 e. The van der Waals surface area contributed by atoms with Gasteiger partial charge >= 0.3 is 0 Å². The molecule has 1 fully saturated rings. The van der Waals surface area contributed by atoms with Gasteiger partial charge in [-0.15, -0.1) is 0 Å². The van der Waals surface area contributed by atoms with E-state index in [1.54, 1.807) is 0 Å². The Hall–Kier alpha value is -0.870. The Morgan fingerprint density at radius 1 is 1.05 bits per heavy atom. The van der Waals surface area contributed by atoms with Crippen LogP contribution in [0.2, 0.25) is 5.02 Å². The predicted octanol–water partition coefficient (Wildman–Crippen LogP) is 0.615. The molecule has 0 unspecified atom stereocenters. The molecule has 0 aromatic heterocycles. The second-order valence-electron chi connectivity index (χ2n) is 4.86. The zero-order chi connectivity index (χ0) is 16.5. The van der Waals surface area contributed by atoms with Gasteiger partial charge in [-0.05, 0) is 12.1 Å². The first-order valence-corrected chi connectivity index (χ1v) is 10.1. The first kappa shape index (κ1) is 17.5. The molecule has 0 bridgehead atoms. The highest BCUT2D eigenvalue weighted by Gasteiger charge is 2.32. The van der Waals surface area contributed by atoms with Crippen molar-refractivity contribution in [1.29, 1.82) is 0 Å². The van der Waals surface area contributed by atoms with Gasteiger partial charge < -0.3 is 4.74 Å². The lowest BCUT2D eigenvalue weighted by molar-refractivity contribution is 0.274. The third-order valence-corrected chi connectivity index (χ3v) is 7.11. The molecule has 0 amide bonds. The smallest absolute Gasteiger partial charge is 0.244 e. The van der Waals surface area contributed by atoms with Crippen LogP contribution in [0.1, 0.15) is 0 Å². The van der Waals surface area contributed by atoms with E-state index in [0.717, 1.165) is 6.26 Å². The maximum absolute atomic E-state index is 12.6. The summed E-state index contributed by atoms with van der Waals surface area (Å²) in [5.74, 6) is 0.464. The topological polar surface area (TPSA) is 84.0 Å². The van der Waals surface area contributed by atoms with Gasteiger partial charge in [0.15, 0.2) is 0 Å². The van der Waals surface area contributed by atoms with Crippen molar-refractivity contribution < 1.29 is 21.6 Å². The molecule has 22 heavy (non-hydrogen) atoms. The van der Waals surface area contributed by atoms with Crippen LogP contribution >= 0.6 is 11.6 Å². The van der Waals surface area contributed by atoms with Crippen molar-refractivity contribution >= 4 is 31.6 Å². The molecule has 1 aromatic carbocycles. The fourth-order valence-corrected chi connectivity index (χ4v) is 4.96. The molecule has 0 N–H and O–H groups in total. The highest BCUT2D eigenvalue weighted by atomic mass is 35.5. The molecule has 0 aliphatic carbocycles. The van der Waals surface area contributed by atoms with Gasteiger partial charge in [0, 0.05) is 32.2 Å². The zero-order valence-electron chi connectivity index (χ0n) is 12.2. The van der Waals surface area contributed by atoms with Crippen LogP contribution in [0.25, 0.3) is 0 Å². The first-order valence-electron chi connectivity index (χ1n) is 6.45. The van der Waals surface area contributed by atoms with Gasteiger partial charge in [-0.3, -0.25) is 0 Å². The molecule has 124 valence electrons. The van der Waals surface area contributed by atoms with Crippen LogP contribution < -0.4 is 4.74 Å². The average molecular weight is 369 g/mol. The fraction of sp³-hybridized carbons (Fsp3) is 0.500. The van der Waals surface area contributed by atoms with Crippen LogP contribution in [-0.4, -0.2) is 65.0 Å². The fourth-order valence-electron chi connectivity index (χ4n) is 2.20. The highest BCUT2D eigenvalue weighted by molar-refractivity contribution is 7.89. The number of halogens is 1. The van der Waals surface area contributed by atoms with Crippen LogP contribution in [0.5, 0.6) is 5.75 Å². The quantitative estimate of drug-likeness (QED) is 0.777. The largest absolute Gasteiger partial charge is 0.497 e. The van der Waals surface area contributed by atoms with Crippen molar-refractivity contribution in [2.75, 3.05) is 39.5 Å². The maximum Gasteiger partial charge on any atom is 0.244 e. The van der Waals surface area contributed by atoms with Crippen molar-refractivity contribution in [3.63, 3.8) is 0 Å². The number of methoxy groups -OCH3 is 1. The van der Waals surface area contributed by atoms with Gasteiger partial charge in [0.1, 0.15) is 10.6 Å². The minimum atomic E-state index is -3.76. The van der Waals surface area contributed by atoms with Crippen LogP contribution in [0.4, 0.5) is 0 Å². The molecule has 0 atom stereocenters.